The molecule has 1 saturated heterocycles. The van der Waals surface area contributed by atoms with Crippen molar-refractivity contribution in [2.45, 2.75) is 32.4 Å². The molecule has 3 heterocycles. The number of phenols is 1. The number of aryl methyl sites for hydroxylation is 1. The molecule has 9 nitrogen and oxygen atoms in total. The third-order valence-corrected chi connectivity index (χ3v) is 8.04. The van der Waals surface area contributed by atoms with Gasteiger partial charge in [-0.05, 0) is 44.0 Å². The number of nitrogens with zero attached hydrogens (tertiary/aromatic N) is 3. The first-order valence-electron chi connectivity index (χ1n) is 13.4. The number of aromatic nitrogens is 1. The number of hydrogen-bond acceptors (Lipinski definition) is 7. The molecule has 0 spiro atoms. The normalized spacial score (nSPS) is 17.5. The number of amides is 1. The number of aliphatic hydroxyl groups excluding tert-OH is 1. The van der Waals surface area contributed by atoms with Crippen molar-refractivity contribution in [1.29, 1.82) is 5.41 Å². The highest BCUT2D eigenvalue weighted by atomic mass is 35.5. The lowest BCUT2D eigenvalue weighted by molar-refractivity contribution is -0.128. The highest BCUT2D eigenvalue weighted by Gasteiger charge is 2.37. The van der Waals surface area contributed by atoms with Gasteiger partial charge in [-0.15, -0.1) is 0 Å². The minimum atomic E-state index is -0.954. The first-order valence-corrected chi connectivity index (χ1v) is 13.8. The Balaban J connectivity index is 1.73. The van der Waals surface area contributed by atoms with Crippen molar-refractivity contribution < 1.29 is 19.4 Å². The largest absolute Gasteiger partial charge is 0.507 e. The number of rotatable bonds is 5. The highest BCUT2D eigenvalue weighted by Crippen LogP contribution is 2.48. The number of aromatic hydroxyl groups is 1. The molecule has 0 radical (unpaired) electrons. The molecule has 2 aliphatic rings. The summed E-state index contributed by atoms with van der Waals surface area (Å²) < 4.78 is 16.8. The Hall–Kier alpha value is -4.15. The van der Waals surface area contributed by atoms with Crippen molar-refractivity contribution in [2.75, 3.05) is 36.8 Å². The molecule has 5 N–H and O–H groups in total. The Kier molecular flexibility index (Phi) is 7.88. The number of phenolic OH excluding ortho intramolecular Hbond substituents is 1. The second kappa shape index (κ2) is 11.4. The number of pyridine rings is 1. The number of halogens is 2. The molecule has 5 rings (SSSR count). The number of benzene rings is 2. The van der Waals surface area contributed by atoms with Crippen LogP contribution in [0.15, 0.2) is 49.2 Å². The van der Waals surface area contributed by atoms with Crippen molar-refractivity contribution in [3.63, 3.8) is 0 Å². The monoisotopic (exact) mass is 578 g/mol. The van der Waals surface area contributed by atoms with Gasteiger partial charge in [0.05, 0.1) is 39.4 Å². The lowest BCUT2D eigenvalue weighted by atomic mass is 9.94. The number of piperazine rings is 1. The van der Waals surface area contributed by atoms with Crippen molar-refractivity contribution in [1.82, 2.24) is 14.8 Å². The van der Waals surface area contributed by atoms with Crippen molar-refractivity contribution in [3.8, 4) is 16.9 Å². The van der Waals surface area contributed by atoms with Gasteiger partial charge in [0.2, 0.25) is 5.91 Å². The molecule has 3 aromatic rings. The fourth-order valence-corrected chi connectivity index (χ4v) is 5.90. The van der Waals surface area contributed by atoms with E-state index < -0.39 is 11.9 Å². The number of para-hydroxylation sites is 1. The maximum Gasteiger partial charge on any atom is 0.246 e. The molecule has 2 aliphatic heterocycles. The van der Waals surface area contributed by atoms with E-state index in [4.69, 9.17) is 11.6 Å². The van der Waals surface area contributed by atoms with Crippen molar-refractivity contribution in [2.24, 2.45) is 0 Å². The lowest BCUT2D eigenvalue weighted by Crippen LogP contribution is -2.57. The summed E-state index contributed by atoms with van der Waals surface area (Å²) in [5.41, 5.74) is 2.13. The Bertz CT molecular complexity index is 1550. The second-order valence-corrected chi connectivity index (χ2v) is 10.6. The molecule has 1 amide bonds. The maximum absolute atomic E-state index is 16.8. The van der Waals surface area contributed by atoms with Gasteiger partial charge in [0.15, 0.2) is 5.82 Å². The summed E-state index contributed by atoms with van der Waals surface area (Å²) in [5, 5.41) is 37.0. The van der Waals surface area contributed by atoms with Crippen LogP contribution in [-0.2, 0) is 4.79 Å². The first kappa shape index (κ1) is 28.4. The molecule has 41 heavy (non-hydrogen) atoms. The molecular weight excluding hydrogens is 547 g/mol. The standard InChI is InChI=1S/C30H32ClFN6O3/c1-4-21(41)37-13-14-38-18(15-37)10-12-35-28-23(30(38)33)29(36-26-16(2)9-11-34-27(26)17(3)39)25(32)22(24(28)31)19-7-5-6-8-20(19)40/h4-9,11,17-18,33,35-36,39-40H,1,10,12-15H2,2-3H3. The third-order valence-electron chi connectivity index (χ3n) is 7.66. The highest BCUT2D eigenvalue weighted by molar-refractivity contribution is 6.37. The molecule has 214 valence electrons. The van der Waals surface area contributed by atoms with E-state index in [1.54, 1.807) is 42.3 Å². The zero-order chi connectivity index (χ0) is 29.4. The summed E-state index contributed by atoms with van der Waals surface area (Å²) in [6, 6.07) is 7.89. The van der Waals surface area contributed by atoms with E-state index in [1.807, 2.05) is 11.8 Å². The molecular formula is C30H32ClFN6O3. The van der Waals surface area contributed by atoms with Gasteiger partial charge < -0.3 is 30.6 Å². The fraction of sp³-hybridized carbons (Fsp3) is 0.300. The Morgan fingerprint density at radius 1 is 1.29 bits per heavy atom. The maximum atomic E-state index is 16.8. The predicted molar refractivity (Wildman–Crippen MR) is 159 cm³/mol. The van der Waals surface area contributed by atoms with Gasteiger partial charge in [-0.1, -0.05) is 36.4 Å². The van der Waals surface area contributed by atoms with Crippen LogP contribution < -0.4 is 10.6 Å². The summed E-state index contributed by atoms with van der Waals surface area (Å²) in [6.45, 7) is 8.56. The number of aliphatic hydroxyl groups is 1. The van der Waals surface area contributed by atoms with Crippen LogP contribution in [0, 0.1) is 18.2 Å². The third kappa shape index (κ3) is 5.09. The van der Waals surface area contributed by atoms with Gasteiger partial charge in [0.25, 0.3) is 0 Å². The SMILES string of the molecule is C=CC(=O)N1CCN2C(=N)c3c(Nc4c(C)ccnc4C(C)O)c(F)c(-c4ccccc4O)c(Cl)c3NCCC2C1. The van der Waals surface area contributed by atoms with Gasteiger partial charge in [-0.25, -0.2) is 4.39 Å². The molecule has 2 aromatic carbocycles. The quantitative estimate of drug-likeness (QED) is 0.264. The Labute approximate surface area is 242 Å². The van der Waals surface area contributed by atoms with Crippen LogP contribution in [0.3, 0.4) is 0 Å². The van der Waals surface area contributed by atoms with E-state index in [0.29, 0.717) is 55.2 Å². The number of nitrogens with one attached hydrogen (secondary N) is 3. The molecule has 1 aromatic heterocycles. The molecule has 0 bridgehead atoms. The molecule has 0 aliphatic carbocycles. The van der Waals surface area contributed by atoms with E-state index in [1.165, 1.54) is 12.1 Å². The lowest BCUT2D eigenvalue weighted by Gasteiger charge is -2.44. The topological polar surface area (TPSA) is 125 Å². The number of hydrogen-bond donors (Lipinski definition) is 5. The van der Waals surface area contributed by atoms with Gasteiger partial charge >= 0.3 is 0 Å². The minimum Gasteiger partial charge on any atom is -0.507 e. The molecule has 1 fully saturated rings. The van der Waals surface area contributed by atoms with Gasteiger partial charge in [-0.2, -0.15) is 0 Å². The van der Waals surface area contributed by atoms with Crippen LogP contribution in [0.4, 0.5) is 21.5 Å². The average Bonchev–Trinajstić information content (AvgIpc) is 2.95. The van der Waals surface area contributed by atoms with E-state index in [0.717, 1.165) is 0 Å². The van der Waals surface area contributed by atoms with Crippen molar-refractivity contribution >= 4 is 40.4 Å². The van der Waals surface area contributed by atoms with E-state index in [9.17, 15) is 20.4 Å². The van der Waals surface area contributed by atoms with Gasteiger partial charge in [-0.3, -0.25) is 15.2 Å². The molecule has 2 unspecified atom stereocenters. The Morgan fingerprint density at radius 2 is 2.05 bits per heavy atom. The van der Waals surface area contributed by atoms with Gasteiger partial charge in [0, 0.05) is 49.5 Å². The van der Waals surface area contributed by atoms with Crippen molar-refractivity contribution in [3.05, 3.63) is 76.8 Å². The Morgan fingerprint density at radius 3 is 2.76 bits per heavy atom. The van der Waals surface area contributed by atoms with Crippen LogP contribution in [0.25, 0.3) is 11.1 Å². The summed E-state index contributed by atoms with van der Waals surface area (Å²) in [5.74, 6) is -1.05. The van der Waals surface area contributed by atoms with Crippen LogP contribution in [0.5, 0.6) is 5.75 Å². The second-order valence-electron chi connectivity index (χ2n) is 10.2. The minimum absolute atomic E-state index is 0.0232. The summed E-state index contributed by atoms with van der Waals surface area (Å²) in [4.78, 5) is 20.2. The zero-order valence-electron chi connectivity index (χ0n) is 22.8. The summed E-state index contributed by atoms with van der Waals surface area (Å²) in [6.07, 6.45) is 2.49. The number of anilines is 3. The number of amidine groups is 1. The molecule has 2 atom stereocenters. The first-order chi connectivity index (χ1) is 19.6. The summed E-state index contributed by atoms with van der Waals surface area (Å²) >= 11 is 6.90. The van der Waals surface area contributed by atoms with Crippen LogP contribution in [-0.4, -0.2) is 69.0 Å². The smallest absolute Gasteiger partial charge is 0.246 e. The predicted octanol–water partition coefficient (Wildman–Crippen LogP) is 5.19. The van der Waals surface area contributed by atoms with E-state index in [-0.39, 0.29) is 50.9 Å². The van der Waals surface area contributed by atoms with E-state index in [2.05, 4.69) is 22.2 Å². The van der Waals surface area contributed by atoms with Crippen LogP contribution >= 0.6 is 11.6 Å². The van der Waals surface area contributed by atoms with E-state index >= 15 is 4.39 Å². The number of carbonyl (C=O) groups excluding carboxylic acids is 1. The van der Waals surface area contributed by atoms with Gasteiger partial charge in [0.1, 0.15) is 11.6 Å². The van der Waals surface area contributed by atoms with Crippen LogP contribution in [0.2, 0.25) is 5.02 Å². The molecule has 0 saturated carbocycles. The fourth-order valence-electron chi connectivity index (χ4n) is 5.55. The number of carbonyl (C=O) groups is 1. The zero-order valence-corrected chi connectivity index (χ0v) is 23.6. The average molecular weight is 579 g/mol. The summed E-state index contributed by atoms with van der Waals surface area (Å²) in [7, 11) is 0. The molecule has 11 heteroatoms. The number of fused-ring (bicyclic) bond motifs is 2. The van der Waals surface area contributed by atoms with Crippen LogP contribution in [0.1, 0.15) is 36.3 Å².